The summed E-state index contributed by atoms with van der Waals surface area (Å²) < 4.78 is 64.8. The molecule has 1 aromatic carbocycles. The smallest absolute Gasteiger partial charge is 0.307 e. The second kappa shape index (κ2) is 7.06. The van der Waals surface area contributed by atoms with Crippen LogP contribution in [-0.4, -0.2) is 9.78 Å². The minimum atomic E-state index is -4.48. The van der Waals surface area contributed by atoms with Crippen molar-refractivity contribution in [2.75, 3.05) is 0 Å². The summed E-state index contributed by atoms with van der Waals surface area (Å²) in [5.74, 6) is -1.94. The zero-order valence-electron chi connectivity index (χ0n) is 11.4. The predicted molar refractivity (Wildman–Crippen MR) is 72.4 cm³/mol. The number of hydrogen-bond donors (Lipinski definition) is 1. The molecule has 0 spiro atoms. The van der Waals surface area contributed by atoms with Crippen LogP contribution < -0.4 is 5.32 Å². The van der Waals surface area contributed by atoms with Crippen LogP contribution in [0.5, 0.6) is 0 Å². The van der Waals surface area contributed by atoms with Gasteiger partial charge in [-0.25, -0.2) is 8.78 Å². The number of hydrogen-bond acceptors (Lipinski definition) is 2. The Morgan fingerprint density at radius 1 is 1.18 bits per heavy atom. The summed E-state index contributed by atoms with van der Waals surface area (Å²) in [5.41, 5.74) is -0.597. The summed E-state index contributed by atoms with van der Waals surface area (Å²) in [7, 11) is 1.19. The molecule has 3 nitrogen and oxygen atoms in total. The molecule has 0 aliphatic heterocycles. The zero-order chi connectivity index (χ0) is 15.6. The number of aromatic nitrogens is 2. The maximum atomic E-state index is 13.4. The van der Waals surface area contributed by atoms with Crippen LogP contribution in [0.25, 0.3) is 0 Å². The van der Waals surface area contributed by atoms with Gasteiger partial charge in [-0.05, 0) is 12.1 Å². The van der Waals surface area contributed by atoms with Crippen LogP contribution in [0.4, 0.5) is 22.0 Å². The lowest BCUT2D eigenvalue weighted by molar-refractivity contribution is -0.143. The molecule has 0 saturated heterocycles. The minimum Gasteiger partial charge on any atom is -0.307 e. The van der Waals surface area contributed by atoms with Gasteiger partial charge in [-0.3, -0.25) is 4.68 Å². The van der Waals surface area contributed by atoms with E-state index in [4.69, 9.17) is 0 Å². The van der Waals surface area contributed by atoms with Gasteiger partial charge >= 0.3 is 6.18 Å². The van der Waals surface area contributed by atoms with Crippen LogP contribution in [0.2, 0.25) is 0 Å². The third kappa shape index (κ3) is 4.17. The fraction of sp³-hybridized carbons (Fsp3) is 0.308. The molecule has 0 fully saturated rings. The molecule has 0 aliphatic carbocycles. The van der Waals surface area contributed by atoms with Crippen LogP contribution in [0.15, 0.2) is 24.3 Å². The number of nitrogens with zero attached hydrogens (tertiary/aromatic N) is 2. The lowest BCUT2D eigenvalue weighted by Gasteiger charge is -2.04. The lowest BCUT2D eigenvalue weighted by Crippen LogP contribution is -2.14. The summed E-state index contributed by atoms with van der Waals surface area (Å²) in [6.07, 6.45) is -4.48. The van der Waals surface area contributed by atoms with E-state index in [1.165, 1.54) is 19.2 Å². The Balaban J connectivity index is 0.00000242. The first-order valence-electron chi connectivity index (χ1n) is 6.02. The summed E-state index contributed by atoms with van der Waals surface area (Å²) in [5, 5.41) is 6.44. The molecule has 1 N–H and O–H groups in total. The zero-order valence-corrected chi connectivity index (χ0v) is 12.2. The summed E-state index contributed by atoms with van der Waals surface area (Å²) in [6.45, 7) is 0.00138. The highest BCUT2D eigenvalue weighted by Gasteiger charge is 2.34. The van der Waals surface area contributed by atoms with Crippen LogP contribution in [-0.2, 0) is 26.3 Å². The van der Waals surface area contributed by atoms with E-state index < -0.39 is 23.5 Å². The first kappa shape index (κ1) is 18.4. The van der Waals surface area contributed by atoms with Crippen molar-refractivity contribution in [1.82, 2.24) is 15.1 Å². The Kier molecular flexibility index (Phi) is 5.90. The van der Waals surface area contributed by atoms with Crippen molar-refractivity contribution in [3.05, 3.63) is 52.9 Å². The van der Waals surface area contributed by atoms with E-state index in [0.29, 0.717) is 0 Å². The topological polar surface area (TPSA) is 29.9 Å². The maximum absolute atomic E-state index is 13.4. The van der Waals surface area contributed by atoms with Gasteiger partial charge in [0.2, 0.25) is 0 Å². The molecule has 0 atom stereocenters. The second-order valence-electron chi connectivity index (χ2n) is 4.46. The molecule has 0 unspecified atom stereocenters. The van der Waals surface area contributed by atoms with Gasteiger partial charge in [-0.2, -0.15) is 18.3 Å². The van der Waals surface area contributed by atoms with E-state index in [9.17, 15) is 22.0 Å². The fourth-order valence-corrected chi connectivity index (χ4v) is 1.89. The quantitative estimate of drug-likeness (QED) is 0.864. The summed E-state index contributed by atoms with van der Waals surface area (Å²) in [4.78, 5) is 0. The number of aryl methyl sites for hydroxylation is 1. The van der Waals surface area contributed by atoms with Crippen molar-refractivity contribution in [2.24, 2.45) is 7.05 Å². The van der Waals surface area contributed by atoms with Crippen molar-refractivity contribution in [2.45, 2.75) is 19.3 Å². The Morgan fingerprint density at radius 2 is 1.86 bits per heavy atom. The van der Waals surface area contributed by atoms with E-state index >= 15 is 0 Å². The second-order valence-corrected chi connectivity index (χ2v) is 4.46. The summed E-state index contributed by atoms with van der Waals surface area (Å²) in [6, 6.07) is 4.66. The number of alkyl halides is 3. The van der Waals surface area contributed by atoms with Crippen LogP contribution >= 0.6 is 12.4 Å². The highest BCUT2D eigenvalue weighted by atomic mass is 35.5. The highest BCUT2D eigenvalue weighted by Crippen LogP contribution is 2.29. The molecular weight excluding hydrogens is 329 g/mol. The van der Waals surface area contributed by atoms with Crippen molar-refractivity contribution in [3.8, 4) is 0 Å². The third-order valence-corrected chi connectivity index (χ3v) is 2.87. The van der Waals surface area contributed by atoms with Gasteiger partial charge < -0.3 is 5.32 Å². The van der Waals surface area contributed by atoms with Crippen molar-refractivity contribution < 1.29 is 22.0 Å². The summed E-state index contributed by atoms with van der Waals surface area (Å²) >= 11 is 0. The number of nitrogens with one attached hydrogen (secondary N) is 1. The van der Waals surface area contributed by atoms with Gasteiger partial charge in [0.1, 0.15) is 5.69 Å². The highest BCUT2D eigenvalue weighted by molar-refractivity contribution is 5.85. The molecule has 2 aromatic rings. The number of halogens is 6. The normalized spacial score (nSPS) is 11.4. The molecule has 0 bridgehead atoms. The standard InChI is InChI=1S/C13H12F5N3.ClH/c1-21-11(13(16,17)18)5-9(20-21)7-19-6-8-3-2-4-10(14)12(8)15;/h2-5,19H,6-7H2,1H3;1H. The first-order chi connectivity index (χ1) is 9.79. The van der Waals surface area contributed by atoms with E-state index in [0.717, 1.165) is 16.8 Å². The average Bonchev–Trinajstić information content (AvgIpc) is 2.76. The molecule has 0 aliphatic rings. The first-order valence-corrected chi connectivity index (χ1v) is 6.02. The maximum Gasteiger partial charge on any atom is 0.433 e. The van der Waals surface area contributed by atoms with Gasteiger partial charge in [0, 0.05) is 25.7 Å². The van der Waals surface area contributed by atoms with Gasteiger partial charge in [-0.15, -0.1) is 12.4 Å². The van der Waals surface area contributed by atoms with Gasteiger partial charge in [0.25, 0.3) is 0 Å². The van der Waals surface area contributed by atoms with Crippen LogP contribution in [0, 0.1) is 11.6 Å². The minimum absolute atomic E-state index is 0. The van der Waals surface area contributed by atoms with Gasteiger partial charge in [0.15, 0.2) is 11.6 Å². The Bertz CT molecular complexity index is 639. The Labute approximate surface area is 129 Å². The van der Waals surface area contributed by atoms with E-state index in [1.807, 2.05) is 0 Å². The molecule has 122 valence electrons. The van der Waals surface area contributed by atoms with Crippen molar-refractivity contribution in [1.29, 1.82) is 0 Å². The molecule has 0 amide bonds. The average molecular weight is 342 g/mol. The Hall–Kier alpha value is -1.67. The van der Waals surface area contributed by atoms with Crippen LogP contribution in [0.1, 0.15) is 17.0 Å². The third-order valence-electron chi connectivity index (χ3n) is 2.87. The molecule has 2 rings (SSSR count). The molecule has 9 heteroatoms. The molecule has 0 radical (unpaired) electrons. The Morgan fingerprint density at radius 3 is 2.45 bits per heavy atom. The number of rotatable bonds is 4. The SMILES string of the molecule is Cl.Cn1nc(CNCc2cccc(F)c2F)cc1C(F)(F)F. The molecule has 22 heavy (non-hydrogen) atoms. The van der Waals surface area contributed by atoms with Gasteiger partial charge in [0.05, 0.1) is 5.69 Å². The number of benzene rings is 1. The fourth-order valence-electron chi connectivity index (χ4n) is 1.89. The lowest BCUT2D eigenvalue weighted by atomic mass is 10.2. The van der Waals surface area contributed by atoms with E-state index in [-0.39, 0.29) is 36.8 Å². The van der Waals surface area contributed by atoms with Crippen LogP contribution in [0.3, 0.4) is 0 Å². The van der Waals surface area contributed by atoms with Crippen molar-refractivity contribution >= 4 is 12.4 Å². The molecular formula is C13H13ClF5N3. The monoisotopic (exact) mass is 341 g/mol. The molecule has 1 aromatic heterocycles. The molecule has 0 saturated carbocycles. The van der Waals surface area contributed by atoms with Gasteiger partial charge in [-0.1, -0.05) is 12.1 Å². The largest absolute Gasteiger partial charge is 0.433 e. The predicted octanol–water partition coefficient (Wildman–Crippen LogP) is 3.43. The van der Waals surface area contributed by atoms with E-state index in [2.05, 4.69) is 10.4 Å². The molecule has 1 heterocycles. The van der Waals surface area contributed by atoms with Crippen molar-refractivity contribution in [3.63, 3.8) is 0 Å². The van der Waals surface area contributed by atoms with E-state index in [1.54, 1.807) is 0 Å².